The number of halogens is 1. The summed E-state index contributed by atoms with van der Waals surface area (Å²) in [4.78, 5) is 24.5. The van der Waals surface area contributed by atoms with Crippen LogP contribution in [0.2, 0.25) is 0 Å². The molecule has 0 saturated carbocycles. The highest BCUT2D eigenvalue weighted by Gasteiger charge is 2.32. The molecule has 0 radical (unpaired) electrons. The fourth-order valence-electron chi connectivity index (χ4n) is 3.30. The van der Waals surface area contributed by atoms with E-state index >= 15 is 0 Å². The minimum atomic E-state index is -0.563. The molecule has 9 heteroatoms. The van der Waals surface area contributed by atoms with Crippen molar-refractivity contribution in [3.63, 3.8) is 0 Å². The van der Waals surface area contributed by atoms with E-state index in [0.717, 1.165) is 11.1 Å². The summed E-state index contributed by atoms with van der Waals surface area (Å²) >= 11 is 0. The molecular formula is C22H21FN4O4. The Labute approximate surface area is 178 Å². The van der Waals surface area contributed by atoms with Gasteiger partial charge in [0, 0.05) is 25.1 Å². The molecule has 1 aliphatic rings. The standard InChI is InChI=1S/C22H21FN4O4/c1-14(28)24-12-18-13-27(22(29)31-18)17-6-7-19(20(23)10-17)16-4-2-15(3-5-16)11-25-21-8-9-30-26-21/h2-10,18H,11-13H2,1H3,(H,24,28)(H,25,26). The van der Waals surface area contributed by atoms with Gasteiger partial charge < -0.3 is 19.9 Å². The maximum atomic E-state index is 14.8. The quantitative estimate of drug-likeness (QED) is 0.602. The van der Waals surface area contributed by atoms with Crippen molar-refractivity contribution in [1.29, 1.82) is 0 Å². The second-order valence-electron chi connectivity index (χ2n) is 7.15. The lowest BCUT2D eigenvalue weighted by Gasteiger charge is -2.15. The van der Waals surface area contributed by atoms with E-state index in [9.17, 15) is 14.0 Å². The van der Waals surface area contributed by atoms with Gasteiger partial charge in [0.15, 0.2) is 5.82 Å². The molecule has 0 bridgehead atoms. The van der Waals surface area contributed by atoms with Crippen molar-refractivity contribution in [2.24, 2.45) is 0 Å². The Balaban J connectivity index is 1.42. The predicted octanol–water partition coefficient (Wildman–Crippen LogP) is 3.55. The monoisotopic (exact) mass is 424 g/mol. The summed E-state index contributed by atoms with van der Waals surface area (Å²) in [5.41, 5.74) is 2.57. The Bertz CT molecular complexity index is 1070. The Morgan fingerprint density at radius 1 is 1.23 bits per heavy atom. The lowest BCUT2D eigenvalue weighted by atomic mass is 10.0. The number of cyclic esters (lactones) is 1. The number of aromatic nitrogens is 1. The summed E-state index contributed by atoms with van der Waals surface area (Å²) in [6, 6.07) is 13.8. The van der Waals surface area contributed by atoms with E-state index in [-0.39, 0.29) is 19.0 Å². The maximum Gasteiger partial charge on any atom is 0.414 e. The first-order valence-electron chi connectivity index (χ1n) is 9.75. The molecule has 1 fully saturated rings. The SMILES string of the molecule is CC(=O)NCC1CN(c2ccc(-c3ccc(CNc4ccon4)cc3)c(F)c2)C(=O)O1. The summed E-state index contributed by atoms with van der Waals surface area (Å²) in [6.07, 6.45) is 0.451. The van der Waals surface area contributed by atoms with Gasteiger partial charge in [0.1, 0.15) is 18.2 Å². The van der Waals surface area contributed by atoms with Gasteiger partial charge in [-0.3, -0.25) is 9.69 Å². The van der Waals surface area contributed by atoms with Gasteiger partial charge in [0.2, 0.25) is 5.91 Å². The normalized spacial score (nSPS) is 15.6. The van der Waals surface area contributed by atoms with Crippen LogP contribution in [0.1, 0.15) is 12.5 Å². The van der Waals surface area contributed by atoms with Gasteiger partial charge in [-0.1, -0.05) is 29.4 Å². The molecule has 2 amide bonds. The van der Waals surface area contributed by atoms with Gasteiger partial charge in [-0.2, -0.15) is 0 Å². The summed E-state index contributed by atoms with van der Waals surface area (Å²) in [7, 11) is 0. The predicted molar refractivity (Wildman–Crippen MR) is 112 cm³/mol. The fourth-order valence-corrected chi connectivity index (χ4v) is 3.30. The third kappa shape index (κ3) is 4.82. The summed E-state index contributed by atoms with van der Waals surface area (Å²) in [5, 5.41) is 9.52. The molecule has 2 aromatic carbocycles. The number of benzene rings is 2. The van der Waals surface area contributed by atoms with Crippen LogP contribution >= 0.6 is 0 Å². The highest BCUT2D eigenvalue weighted by molar-refractivity contribution is 5.90. The summed E-state index contributed by atoms with van der Waals surface area (Å²) in [6.45, 7) is 2.41. The van der Waals surface area contributed by atoms with Crippen LogP contribution in [0.3, 0.4) is 0 Å². The van der Waals surface area contributed by atoms with Crippen LogP contribution in [-0.2, 0) is 16.1 Å². The van der Waals surface area contributed by atoms with Gasteiger partial charge in [-0.25, -0.2) is 9.18 Å². The third-order valence-corrected chi connectivity index (χ3v) is 4.89. The number of carbonyl (C=O) groups excluding carboxylic acids is 2. The van der Waals surface area contributed by atoms with Crippen LogP contribution < -0.4 is 15.5 Å². The number of ether oxygens (including phenoxy) is 1. The first-order valence-corrected chi connectivity index (χ1v) is 9.75. The van der Waals surface area contributed by atoms with Crippen LogP contribution in [0.15, 0.2) is 59.3 Å². The molecule has 4 rings (SSSR count). The topological polar surface area (TPSA) is 96.7 Å². The van der Waals surface area contributed by atoms with Gasteiger partial charge in [-0.15, -0.1) is 0 Å². The highest BCUT2D eigenvalue weighted by atomic mass is 19.1. The molecule has 1 aromatic heterocycles. The zero-order valence-corrected chi connectivity index (χ0v) is 16.8. The molecule has 0 aliphatic carbocycles. The molecule has 2 N–H and O–H groups in total. The highest BCUT2D eigenvalue weighted by Crippen LogP contribution is 2.29. The number of carbonyl (C=O) groups is 2. The van der Waals surface area contributed by atoms with Crippen molar-refractivity contribution in [2.75, 3.05) is 23.3 Å². The minimum absolute atomic E-state index is 0.204. The van der Waals surface area contributed by atoms with Crippen molar-refractivity contribution in [3.8, 4) is 11.1 Å². The zero-order chi connectivity index (χ0) is 21.8. The average molecular weight is 424 g/mol. The molecule has 1 aliphatic heterocycles. The van der Waals surface area contributed by atoms with E-state index < -0.39 is 18.0 Å². The molecule has 31 heavy (non-hydrogen) atoms. The van der Waals surface area contributed by atoms with Gasteiger partial charge in [0.05, 0.1) is 18.8 Å². The number of rotatable bonds is 7. The minimum Gasteiger partial charge on any atom is -0.442 e. The molecule has 1 unspecified atom stereocenters. The molecule has 8 nitrogen and oxygen atoms in total. The Morgan fingerprint density at radius 2 is 2.03 bits per heavy atom. The number of nitrogens with zero attached hydrogens (tertiary/aromatic N) is 2. The van der Waals surface area contributed by atoms with E-state index in [2.05, 4.69) is 15.8 Å². The summed E-state index contributed by atoms with van der Waals surface area (Å²) < 4.78 is 24.8. The molecule has 1 saturated heterocycles. The van der Waals surface area contributed by atoms with Crippen LogP contribution in [0.25, 0.3) is 11.1 Å². The second-order valence-corrected chi connectivity index (χ2v) is 7.15. The summed E-state index contributed by atoms with van der Waals surface area (Å²) in [5.74, 6) is -0.000567. The molecule has 160 valence electrons. The largest absolute Gasteiger partial charge is 0.442 e. The van der Waals surface area contributed by atoms with Crippen molar-refractivity contribution >= 4 is 23.5 Å². The van der Waals surface area contributed by atoms with Crippen LogP contribution in [0, 0.1) is 5.82 Å². The van der Waals surface area contributed by atoms with E-state index in [1.807, 2.05) is 24.3 Å². The second kappa shape index (κ2) is 8.86. The van der Waals surface area contributed by atoms with Crippen molar-refractivity contribution in [3.05, 3.63) is 66.2 Å². The van der Waals surface area contributed by atoms with Crippen LogP contribution in [0.5, 0.6) is 0 Å². The van der Waals surface area contributed by atoms with E-state index in [4.69, 9.17) is 9.26 Å². The van der Waals surface area contributed by atoms with Crippen LogP contribution in [-0.4, -0.2) is 36.4 Å². The van der Waals surface area contributed by atoms with Gasteiger partial charge in [-0.05, 0) is 29.3 Å². The van der Waals surface area contributed by atoms with Crippen molar-refractivity contribution in [1.82, 2.24) is 10.5 Å². The van der Waals surface area contributed by atoms with Crippen LogP contribution in [0.4, 0.5) is 20.7 Å². The fraction of sp³-hybridized carbons (Fsp3) is 0.227. The number of hydrogen-bond donors (Lipinski definition) is 2. The average Bonchev–Trinajstić information content (AvgIpc) is 3.41. The first kappa shape index (κ1) is 20.4. The smallest absolute Gasteiger partial charge is 0.414 e. The number of nitrogens with one attached hydrogen (secondary N) is 2. The molecule has 1 atom stereocenters. The maximum absolute atomic E-state index is 14.8. The molecule has 0 spiro atoms. The molecule has 3 aromatic rings. The molecular weight excluding hydrogens is 403 g/mol. The van der Waals surface area contributed by atoms with Crippen molar-refractivity contribution < 1.29 is 23.2 Å². The first-order chi connectivity index (χ1) is 15.0. The number of hydrogen-bond acceptors (Lipinski definition) is 6. The Hall–Kier alpha value is -3.88. The Morgan fingerprint density at radius 3 is 2.71 bits per heavy atom. The number of anilines is 2. The number of amides is 2. The van der Waals surface area contributed by atoms with E-state index in [1.54, 1.807) is 18.2 Å². The van der Waals surface area contributed by atoms with E-state index in [1.165, 1.54) is 24.2 Å². The third-order valence-electron chi connectivity index (χ3n) is 4.89. The Kier molecular flexibility index (Phi) is 5.83. The lowest BCUT2D eigenvalue weighted by molar-refractivity contribution is -0.119. The van der Waals surface area contributed by atoms with Gasteiger partial charge >= 0.3 is 6.09 Å². The van der Waals surface area contributed by atoms with Gasteiger partial charge in [0.25, 0.3) is 0 Å². The van der Waals surface area contributed by atoms with E-state index in [0.29, 0.717) is 23.6 Å². The molecule has 2 heterocycles. The zero-order valence-electron chi connectivity index (χ0n) is 16.8. The lowest BCUT2D eigenvalue weighted by Crippen LogP contribution is -2.33. The van der Waals surface area contributed by atoms with Crippen molar-refractivity contribution in [2.45, 2.75) is 19.6 Å².